The van der Waals surface area contributed by atoms with Crippen LogP contribution >= 0.6 is 0 Å². The van der Waals surface area contributed by atoms with E-state index in [-0.39, 0.29) is 11.8 Å². The summed E-state index contributed by atoms with van der Waals surface area (Å²) in [6.45, 7) is 4.06. The number of methoxy groups -OCH3 is 2. The molecule has 5 rings (SSSR count). The van der Waals surface area contributed by atoms with E-state index >= 15 is 0 Å². The van der Waals surface area contributed by atoms with E-state index in [1.807, 2.05) is 49.4 Å². The van der Waals surface area contributed by atoms with Crippen LogP contribution in [-0.2, 0) is 9.84 Å². The molecule has 37 heavy (non-hydrogen) atoms. The van der Waals surface area contributed by atoms with Crippen LogP contribution in [0.3, 0.4) is 0 Å². The van der Waals surface area contributed by atoms with Crippen molar-refractivity contribution >= 4 is 9.84 Å². The topological polar surface area (TPSA) is 52.6 Å². The largest absolute Gasteiger partial charge is 0.493 e. The number of aryl methyl sites for hydroxylation is 1. The molecule has 0 unspecified atom stereocenters. The van der Waals surface area contributed by atoms with Crippen molar-refractivity contribution in [2.24, 2.45) is 0 Å². The van der Waals surface area contributed by atoms with Crippen molar-refractivity contribution < 1.29 is 17.9 Å². The van der Waals surface area contributed by atoms with Gasteiger partial charge in [-0.05, 0) is 71.3 Å². The lowest BCUT2D eigenvalue weighted by atomic mass is 9.74. The Balaban J connectivity index is 1.68. The van der Waals surface area contributed by atoms with Crippen molar-refractivity contribution in [1.29, 1.82) is 0 Å². The molecular formula is C32H32O4S. The molecule has 0 amide bonds. The first-order valence-corrected chi connectivity index (χ1v) is 14.1. The minimum Gasteiger partial charge on any atom is -0.493 e. The average Bonchev–Trinajstić information content (AvgIpc) is 2.93. The van der Waals surface area contributed by atoms with E-state index in [0.29, 0.717) is 22.8 Å². The lowest BCUT2D eigenvalue weighted by Gasteiger charge is -2.37. The fraction of sp³-hybridized carbons (Fsp3) is 0.250. The molecule has 190 valence electrons. The van der Waals surface area contributed by atoms with Crippen LogP contribution in [0.1, 0.15) is 47.4 Å². The van der Waals surface area contributed by atoms with Gasteiger partial charge in [0.15, 0.2) is 21.3 Å². The Morgan fingerprint density at radius 1 is 0.730 bits per heavy atom. The van der Waals surface area contributed by atoms with Gasteiger partial charge in [0.05, 0.1) is 24.4 Å². The van der Waals surface area contributed by atoms with Gasteiger partial charge in [0.2, 0.25) is 0 Å². The normalized spacial score (nSPS) is 19.2. The highest BCUT2D eigenvalue weighted by atomic mass is 32.2. The molecule has 0 radical (unpaired) electrons. The fourth-order valence-electron chi connectivity index (χ4n) is 5.53. The van der Waals surface area contributed by atoms with Gasteiger partial charge in [-0.3, -0.25) is 0 Å². The van der Waals surface area contributed by atoms with Crippen LogP contribution in [-0.4, -0.2) is 27.9 Å². The Kier molecular flexibility index (Phi) is 6.82. The van der Waals surface area contributed by atoms with E-state index in [1.165, 1.54) is 0 Å². The van der Waals surface area contributed by atoms with Crippen molar-refractivity contribution in [3.63, 3.8) is 0 Å². The molecular weight excluding hydrogens is 480 g/mol. The molecule has 0 saturated carbocycles. The number of rotatable bonds is 6. The second-order valence-corrected chi connectivity index (χ2v) is 12.0. The second-order valence-electron chi connectivity index (χ2n) is 9.84. The predicted octanol–water partition coefficient (Wildman–Crippen LogP) is 7.16. The SMILES string of the molecule is COc1cc2c(cc1OC)[C@H](C)C[C@H](S(=O)(=O)c1ccc(C)cc1)[C@H]2c1ccc(-c2ccccc2)cc1. The minimum atomic E-state index is -3.62. The third-order valence-electron chi connectivity index (χ3n) is 7.54. The van der Waals surface area contributed by atoms with Crippen molar-refractivity contribution in [2.45, 2.75) is 42.2 Å². The summed E-state index contributed by atoms with van der Waals surface area (Å²) < 4.78 is 39.5. The molecule has 4 aromatic rings. The van der Waals surface area contributed by atoms with Gasteiger partial charge in [-0.1, -0.05) is 79.2 Å². The maximum absolute atomic E-state index is 14.1. The van der Waals surface area contributed by atoms with Crippen molar-refractivity contribution in [3.05, 3.63) is 113 Å². The zero-order valence-corrected chi connectivity index (χ0v) is 22.5. The fourth-order valence-corrected chi connectivity index (χ4v) is 7.60. The molecule has 0 saturated heterocycles. The predicted molar refractivity (Wildman–Crippen MR) is 148 cm³/mol. The van der Waals surface area contributed by atoms with Gasteiger partial charge in [-0.2, -0.15) is 0 Å². The molecule has 3 atom stereocenters. The summed E-state index contributed by atoms with van der Waals surface area (Å²) in [6, 6.07) is 29.7. The first-order valence-electron chi connectivity index (χ1n) is 12.5. The molecule has 1 aliphatic rings. The number of ether oxygens (including phenoxy) is 2. The van der Waals surface area contributed by atoms with E-state index in [0.717, 1.165) is 33.4 Å². The molecule has 4 nitrogen and oxygen atoms in total. The minimum absolute atomic E-state index is 0.0415. The van der Waals surface area contributed by atoms with E-state index in [9.17, 15) is 8.42 Å². The lowest BCUT2D eigenvalue weighted by Crippen LogP contribution is -2.35. The molecule has 0 N–H and O–H groups in total. The van der Waals surface area contributed by atoms with Gasteiger partial charge in [0.25, 0.3) is 0 Å². The Bertz CT molecular complexity index is 1490. The highest BCUT2D eigenvalue weighted by molar-refractivity contribution is 7.92. The Morgan fingerprint density at radius 2 is 1.30 bits per heavy atom. The molecule has 0 fully saturated rings. The molecule has 1 aliphatic carbocycles. The van der Waals surface area contributed by atoms with Crippen LogP contribution in [0, 0.1) is 6.92 Å². The van der Waals surface area contributed by atoms with Gasteiger partial charge in [-0.15, -0.1) is 0 Å². The summed E-state index contributed by atoms with van der Waals surface area (Å²) in [7, 11) is -0.382. The summed E-state index contributed by atoms with van der Waals surface area (Å²) in [6.07, 6.45) is 0.518. The summed E-state index contributed by atoms with van der Waals surface area (Å²) in [5.74, 6) is 0.959. The average molecular weight is 513 g/mol. The van der Waals surface area contributed by atoms with Crippen LogP contribution in [0.2, 0.25) is 0 Å². The van der Waals surface area contributed by atoms with Crippen molar-refractivity contribution in [3.8, 4) is 22.6 Å². The maximum atomic E-state index is 14.1. The van der Waals surface area contributed by atoms with Gasteiger partial charge >= 0.3 is 0 Å². The van der Waals surface area contributed by atoms with Crippen LogP contribution in [0.5, 0.6) is 11.5 Å². The van der Waals surface area contributed by atoms with Gasteiger partial charge in [0.1, 0.15) is 0 Å². The van der Waals surface area contributed by atoms with E-state index < -0.39 is 15.1 Å². The molecule has 0 aromatic heterocycles. The number of benzene rings is 4. The summed E-state index contributed by atoms with van der Waals surface area (Å²) in [5.41, 5.74) is 6.31. The zero-order valence-electron chi connectivity index (χ0n) is 21.6. The van der Waals surface area contributed by atoms with Gasteiger partial charge in [-0.25, -0.2) is 8.42 Å². The summed E-state index contributed by atoms with van der Waals surface area (Å²) >= 11 is 0. The summed E-state index contributed by atoms with van der Waals surface area (Å²) in [4.78, 5) is 0.366. The molecule has 0 spiro atoms. The smallest absolute Gasteiger partial charge is 0.182 e. The monoisotopic (exact) mass is 512 g/mol. The third-order valence-corrected chi connectivity index (χ3v) is 9.73. The third kappa shape index (κ3) is 4.64. The molecule has 0 heterocycles. The first kappa shape index (κ1) is 25.1. The van der Waals surface area contributed by atoms with Gasteiger partial charge in [0, 0.05) is 5.92 Å². The molecule has 5 heteroatoms. The highest BCUT2D eigenvalue weighted by Crippen LogP contribution is 2.49. The Hall–Kier alpha value is -3.57. The standard InChI is InChI=1S/C32H32O4S/c1-21-10-16-26(17-11-21)37(33,34)31-18-22(2)27-19-29(35-3)30(36-4)20-28(27)32(31)25-14-12-24(13-15-25)23-8-6-5-7-9-23/h5-17,19-20,22,31-32H,18H2,1-4H3/t22-,31+,32+/m1/s1. The van der Waals surface area contributed by atoms with E-state index in [4.69, 9.17) is 9.47 Å². The quantitative estimate of drug-likeness (QED) is 0.275. The number of fused-ring (bicyclic) bond motifs is 1. The lowest BCUT2D eigenvalue weighted by molar-refractivity contribution is 0.352. The Morgan fingerprint density at radius 3 is 1.89 bits per heavy atom. The molecule has 0 bridgehead atoms. The molecule has 0 aliphatic heterocycles. The van der Waals surface area contributed by atoms with Crippen molar-refractivity contribution in [1.82, 2.24) is 0 Å². The van der Waals surface area contributed by atoms with Crippen LogP contribution in [0.25, 0.3) is 11.1 Å². The highest BCUT2D eigenvalue weighted by Gasteiger charge is 2.43. The molecule has 4 aromatic carbocycles. The van der Waals surface area contributed by atoms with Crippen LogP contribution in [0.15, 0.2) is 95.9 Å². The first-order chi connectivity index (χ1) is 17.8. The second kappa shape index (κ2) is 10.1. The van der Waals surface area contributed by atoms with Crippen molar-refractivity contribution in [2.75, 3.05) is 14.2 Å². The van der Waals surface area contributed by atoms with Gasteiger partial charge < -0.3 is 9.47 Å². The summed E-state index contributed by atoms with van der Waals surface area (Å²) in [5, 5.41) is -0.613. The number of hydrogen-bond donors (Lipinski definition) is 0. The number of hydrogen-bond acceptors (Lipinski definition) is 4. The van der Waals surface area contributed by atoms with E-state index in [1.54, 1.807) is 26.4 Å². The maximum Gasteiger partial charge on any atom is 0.182 e. The Labute approximate surface area is 219 Å². The van der Waals surface area contributed by atoms with E-state index in [2.05, 4.69) is 43.3 Å². The van der Waals surface area contributed by atoms with Crippen LogP contribution in [0.4, 0.5) is 0 Å². The zero-order chi connectivity index (χ0) is 26.2. The van der Waals surface area contributed by atoms with Crippen LogP contribution < -0.4 is 9.47 Å². The number of sulfone groups is 1.